The van der Waals surface area contributed by atoms with Crippen LogP contribution >= 0.6 is 11.3 Å². The van der Waals surface area contributed by atoms with Crippen molar-refractivity contribution in [1.82, 2.24) is 15.0 Å². The number of aromatic nitrogens is 3. The molecule has 0 N–H and O–H groups in total. The maximum absolute atomic E-state index is 5.49. The number of fused-ring (bicyclic) bond motifs is 1. The minimum Gasteiger partial charge on any atom is -0.378 e. The van der Waals surface area contributed by atoms with E-state index < -0.39 is 0 Å². The highest BCUT2D eigenvalue weighted by Crippen LogP contribution is 2.31. The van der Waals surface area contributed by atoms with Crippen molar-refractivity contribution < 1.29 is 4.74 Å². The van der Waals surface area contributed by atoms with Crippen molar-refractivity contribution >= 4 is 33.7 Å². The summed E-state index contributed by atoms with van der Waals surface area (Å²) in [5.41, 5.74) is 3.43. The topological polar surface area (TPSA) is 54.4 Å². The van der Waals surface area contributed by atoms with E-state index in [9.17, 15) is 0 Å². The van der Waals surface area contributed by atoms with E-state index in [1.165, 1.54) is 34.1 Å². The lowest BCUT2D eigenvalue weighted by Crippen LogP contribution is -2.37. The number of hydrogen-bond acceptors (Lipinski definition) is 7. The van der Waals surface area contributed by atoms with Gasteiger partial charge in [0.2, 0.25) is 0 Å². The zero-order chi connectivity index (χ0) is 20.5. The number of thiazole rings is 1. The molecule has 0 aliphatic carbocycles. The molecule has 1 atom stereocenters. The molecule has 2 saturated heterocycles. The fourth-order valence-corrected chi connectivity index (χ4v) is 5.65. The largest absolute Gasteiger partial charge is 0.378 e. The number of ether oxygens (including phenoxy) is 1. The summed E-state index contributed by atoms with van der Waals surface area (Å²) >= 11 is 1.85. The first-order valence-corrected chi connectivity index (χ1v) is 11.7. The zero-order valence-electron chi connectivity index (χ0n) is 17.8. The Kier molecular flexibility index (Phi) is 5.56. The third-order valence-electron chi connectivity index (χ3n) is 6.33. The molecule has 1 aromatic carbocycles. The van der Waals surface area contributed by atoms with Gasteiger partial charge in [0.15, 0.2) is 0 Å². The van der Waals surface area contributed by atoms with Crippen molar-refractivity contribution in [2.45, 2.75) is 33.1 Å². The summed E-state index contributed by atoms with van der Waals surface area (Å²) in [6.07, 6.45) is 5.25. The standard InChI is InChI=1S/C23H29N5OS/c1-16-17(2)30-22(26-16)12-18-4-3-7-28(14-18)23-20-6-5-19(13-21(20)24-15-25-23)27-8-10-29-11-9-27/h5-6,13,15,18H,3-4,7-12,14H2,1-2H3. The van der Waals surface area contributed by atoms with Crippen LogP contribution in [0.15, 0.2) is 24.5 Å². The average Bonchev–Trinajstić information content (AvgIpc) is 3.10. The quantitative estimate of drug-likeness (QED) is 0.632. The number of morpholine rings is 1. The van der Waals surface area contributed by atoms with E-state index in [-0.39, 0.29) is 0 Å². The van der Waals surface area contributed by atoms with Gasteiger partial charge in [0.05, 0.1) is 29.4 Å². The highest BCUT2D eigenvalue weighted by atomic mass is 32.1. The molecule has 3 aromatic rings. The molecule has 5 rings (SSSR count). The van der Waals surface area contributed by atoms with Crippen molar-refractivity contribution in [2.24, 2.45) is 5.92 Å². The van der Waals surface area contributed by atoms with Gasteiger partial charge in [-0.05, 0) is 50.8 Å². The van der Waals surface area contributed by atoms with Gasteiger partial charge < -0.3 is 14.5 Å². The smallest absolute Gasteiger partial charge is 0.139 e. The molecule has 0 amide bonds. The zero-order valence-corrected chi connectivity index (χ0v) is 18.6. The number of rotatable bonds is 4. The molecule has 0 saturated carbocycles. The molecular formula is C23H29N5OS. The molecule has 0 radical (unpaired) electrons. The maximum Gasteiger partial charge on any atom is 0.139 e. The molecule has 4 heterocycles. The van der Waals surface area contributed by atoms with Crippen LogP contribution in [-0.2, 0) is 11.2 Å². The molecule has 30 heavy (non-hydrogen) atoms. The number of piperidine rings is 1. The first-order chi connectivity index (χ1) is 14.7. The van der Waals surface area contributed by atoms with Crippen LogP contribution in [0, 0.1) is 19.8 Å². The summed E-state index contributed by atoms with van der Waals surface area (Å²) in [7, 11) is 0. The van der Waals surface area contributed by atoms with E-state index in [0.29, 0.717) is 5.92 Å². The molecule has 2 fully saturated rings. The fourth-order valence-electron chi connectivity index (χ4n) is 4.60. The van der Waals surface area contributed by atoms with Gasteiger partial charge in [-0.3, -0.25) is 0 Å². The number of aryl methyl sites for hydroxylation is 2. The molecule has 0 bridgehead atoms. The summed E-state index contributed by atoms with van der Waals surface area (Å²) in [6.45, 7) is 9.84. The molecule has 158 valence electrons. The summed E-state index contributed by atoms with van der Waals surface area (Å²) < 4.78 is 5.49. The van der Waals surface area contributed by atoms with Gasteiger partial charge in [0, 0.05) is 48.6 Å². The minimum absolute atomic E-state index is 0.626. The second-order valence-electron chi connectivity index (χ2n) is 8.41. The van der Waals surface area contributed by atoms with Crippen LogP contribution in [0.2, 0.25) is 0 Å². The van der Waals surface area contributed by atoms with E-state index in [0.717, 1.165) is 62.5 Å². The van der Waals surface area contributed by atoms with E-state index in [2.05, 4.69) is 46.8 Å². The van der Waals surface area contributed by atoms with E-state index >= 15 is 0 Å². The highest BCUT2D eigenvalue weighted by molar-refractivity contribution is 7.11. The van der Waals surface area contributed by atoms with E-state index in [1.54, 1.807) is 6.33 Å². The Morgan fingerprint density at radius 2 is 1.97 bits per heavy atom. The van der Waals surface area contributed by atoms with E-state index in [4.69, 9.17) is 14.7 Å². The lowest BCUT2D eigenvalue weighted by atomic mass is 9.95. The van der Waals surface area contributed by atoms with Gasteiger partial charge in [-0.15, -0.1) is 11.3 Å². The number of hydrogen-bond donors (Lipinski definition) is 0. The average molecular weight is 424 g/mol. The summed E-state index contributed by atoms with van der Waals surface area (Å²) in [4.78, 5) is 20.2. The molecular weight excluding hydrogens is 394 g/mol. The molecule has 0 spiro atoms. The van der Waals surface area contributed by atoms with Crippen LogP contribution in [0.5, 0.6) is 0 Å². The third kappa shape index (κ3) is 4.01. The van der Waals surface area contributed by atoms with E-state index in [1.807, 2.05) is 11.3 Å². The van der Waals surface area contributed by atoms with Crippen LogP contribution in [0.3, 0.4) is 0 Å². The predicted octanol–water partition coefficient (Wildman–Crippen LogP) is 4.00. The minimum atomic E-state index is 0.626. The van der Waals surface area contributed by atoms with Crippen LogP contribution in [-0.4, -0.2) is 54.3 Å². The van der Waals surface area contributed by atoms with Crippen molar-refractivity contribution in [2.75, 3.05) is 49.2 Å². The lowest BCUT2D eigenvalue weighted by molar-refractivity contribution is 0.122. The van der Waals surface area contributed by atoms with Crippen molar-refractivity contribution in [1.29, 1.82) is 0 Å². The van der Waals surface area contributed by atoms with Gasteiger partial charge in [0.1, 0.15) is 12.1 Å². The van der Waals surface area contributed by atoms with Gasteiger partial charge in [-0.25, -0.2) is 15.0 Å². The monoisotopic (exact) mass is 423 g/mol. The molecule has 2 aliphatic heterocycles. The molecule has 1 unspecified atom stereocenters. The van der Waals surface area contributed by atoms with Crippen molar-refractivity contribution in [3.63, 3.8) is 0 Å². The maximum atomic E-state index is 5.49. The molecule has 7 heteroatoms. The van der Waals surface area contributed by atoms with Gasteiger partial charge in [-0.2, -0.15) is 0 Å². The van der Waals surface area contributed by atoms with Crippen LogP contribution < -0.4 is 9.80 Å². The second-order valence-corrected chi connectivity index (χ2v) is 9.69. The molecule has 2 aliphatic rings. The molecule has 2 aromatic heterocycles. The summed E-state index contributed by atoms with van der Waals surface area (Å²) in [5.74, 6) is 1.70. The number of benzene rings is 1. The first-order valence-electron chi connectivity index (χ1n) is 10.9. The Balaban J connectivity index is 1.36. The lowest BCUT2D eigenvalue weighted by Gasteiger charge is -2.34. The summed E-state index contributed by atoms with van der Waals surface area (Å²) in [5, 5.41) is 2.43. The normalized spacial score (nSPS) is 20.1. The Bertz CT molecular complexity index is 1010. The third-order valence-corrected chi connectivity index (χ3v) is 7.43. The number of nitrogens with zero attached hydrogens (tertiary/aromatic N) is 5. The van der Waals surface area contributed by atoms with Gasteiger partial charge in [-0.1, -0.05) is 0 Å². The SMILES string of the molecule is Cc1nc(CC2CCCN(c3ncnc4cc(N5CCOCC5)ccc34)C2)sc1C. The van der Waals surface area contributed by atoms with Gasteiger partial charge in [0.25, 0.3) is 0 Å². The van der Waals surface area contributed by atoms with Crippen LogP contribution in [0.1, 0.15) is 28.4 Å². The fraction of sp³-hybridized carbons (Fsp3) is 0.522. The molecule has 6 nitrogen and oxygen atoms in total. The predicted molar refractivity (Wildman–Crippen MR) is 123 cm³/mol. The van der Waals surface area contributed by atoms with Gasteiger partial charge >= 0.3 is 0 Å². The van der Waals surface area contributed by atoms with Crippen molar-refractivity contribution in [3.8, 4) is 0 Å². The Morgan fingerprint density at radius 1 is 1.10 bits per heavy atom. The summed E-state index contributed by atoms with van der Waals surface area (Å²) in [6, 6.07) is 6.62. The highest BCUT2D eigenvalue weighted by Gasteiger charge is 2.24. The number of anilines is 2. The van der Waals surface area contributed by atoms with Crippen molar-refractivity contribution in [3.05, 3.63) is 40.1 Å². The Hall–Kier alpha value is -2.25. The Labute approximate surface area is 181 Å². The Morgan fingerprint density at radius 3 is 2.77 bits per heavy atom. The van der Waals surface area contributed by atoms with Crippen LogP contribution in [0.4, 0.5) is 11.5 Å². The first kappa shape index (κ1) is 19.7. The van der Waals surface area contributed by atoms with Crippen LogP contribution in [0.25, 0.3) is 10.9 Å². The second kappa shape index (κ2) is 8.47.